The quantitative estimate of drug-likeness (QED) is 0.622. The summed E-state index contributed by atoms with van der Waals surface area (Å²) in [6, 6.07) is 9.56. The maximum Gasteiger partial charge on any atom is 0.274 e. The van der Waals surface area contributed by atoms with Gasteiger partial charge in [-0.1, -0.05) is 6.07 Å². The molecule has 1 aromatic carbocycles. The molecular weight excluding hydrogens is 392 g/mol. The SMILES string of the molecule is Cc1cccc(C(=O)Nc2cc3cn(C4CCC(O)CC4)nc3cc2OCC2CC2)n1. The lowest BCUT2D eigenvalue weighted by Crippen LogP contribution is -2.21. The van der Waals surface area contributed by atoms with Crippen LogP contribution in [-0.4, -0.2) is 38.5 Å². The number of carbonyl (C=O) groups is 1. The monoisotopic (exact) mass is 420 g/mol. The fourth-order valence-electron chi connectivity index (χ4n) is 4.15. The smallest absolute Gasteiger partial charge is 0.274 e. The van der Waals surface area contributed by atoms with Crippen molar-refractivity contribution in [3.63, 3.8) is 0 Å². The van der Waals surface area contributed by atoms with Gasteiger partial charge in [0.15, 0.2) is 0 Å². The van der Waals surface area contributed by atoms with Crippen LogP contribution in [0.1, 0.15) is 60.7 Å². The van der Waals surface area contributed by atoms with Gasteiger partial charge in [-0.25, -0.2) is 4.98 Å². The molecule has 1 amide bonds. The minimum atomic E-state index is -0.256. The van der Waals surface area contributed by atoms with Crippen LogP contribution in [-0.2, 0) is 0 Å². The van der Waals surface area contributed by atoms with Crippen molar-refractivity contribution in [1.29, 1.82) is 0 Å². The summed E-state index contributed by atoms with van der Waals surface area (Å²) in [7, 11) is 0. The van der Waals surface area contributed by atoms with Gasteiger partial charge in [0, 0.05) is 23.3 Å². The fraction of sp³-hybridized carbons (Fsp3) is 0.458. The maximum atomic E-state index is 12.8. The first-order valence-corrected chi connectivity index (χ1v) is 11.1. The van der Waals surface area contributed by atoms with E-state index in [-0.39, 0.29) is 12.0 Å². The largest absolute Gasteiger partial charge is 0.491 e. The highest BCUT2D eigenvalue weighted by Crippen LogP contribution is 2.35. The second kappa shape index (κ2) is 8.30. The second-order valence-corrected chi connectivity index (χ2v) is 8.85. The number of anilines is 1. The zero-order chi connectivity index (χ0) is 21.4. The van der Waals surface area contributed by atoms with Crippen molar-refractivity contribution in [2.24, 2.45) is 5.92 Å². The van der Waals surface area contributed by atoms with E-state index in [0.29, 0.717) is 35.7 Å². The highest BCUT2D eigenvalue weighted by atomic mass is 16.5. The average Bonchev–Trinajstić information content (AvgIpc) is 3.50. The van der Waals surface area contributed by atoms with Gasteiger partial charge >= 0.3 is 0 Å². The van der Waals surface area contributed by atoms with Gasteiger partial charge in [-0.05, 0) is 69.6 Å². The minimum Gasteiger partial charge on any atom is -0.491 e. The highest BCUT2D eigenvalue weighted by Gasteiger charge is 2.24. The predicted octanol–water partition coefficient (Wildman–Crippen LogP) is 4.26. The number of fused-ring (bicyclic) bond motifs is 1. The number of hydrogen-bond acceptors (Lipinski definition) is 5. The molecule has 0 unspecified atom stereocenters. The number of aryl methyl sites for hydroxylation is 1. The van der Waals surface area contributed by atoms with Crippen LogP contribution in [0, 0.1) is 12.8 Å². The van der Waals surface area contributed by atoms with E-state index < -0.39 is 0 Å². The van der Waals surface area contributed by atoms with E-state index >= 15 is 0 Å². The molecule has 0 radical (unpaired) electrons. The molecule has 0 spiro atoms. The predicted molar refractivity (Wildman–Crippen MR) is 118 cm³/mol. The molecule has 2 N–H and O–H groups in total. The molecular formula is C24H28N4O3. The van der Waals surface area contributed by atoms with Gasteiger partial charge in [-0.3, -0.25) is 9.48 Å². The Kier molecular flexibility index (Phi) is 5.36. The number of ether oxygens (including phenoxy) is 1. The van der Waals surface area contributed by atoms with Crippen LogP contribution < -0.4 is 10.1 Å². The van der Waals surface area contributed by atoms with E-state index in [1.807, 2.05) is 42.1 Å². The molecule has 2 aliphatic rings. The Bertz CT molecular complexity index is 1100. The lowest BCUT2D eigenvalue weighted by atomic mass is 9.93. The number of aromatic nitrogens is 3. The Balaban J connectivity index is 1.44. The molecule has 2 heterocycles. The standard InChI is InChI=1S/C24H28N4O3/c1-15-3-2-4-20(25-15)24(30)26-22-11-17-13-28(18-7-9-19(29)10-8-18)27-21(17)12-23(22)31-14-16-5-6-16/h2-4,11-13,16,18-19,29H,5-10,14H2,1H3,(H,26,30). The van der Waals surface area contributed by atoms with Crippen LogP contribution in [0.15, 0.2) is 36.5 Å². The van der Waals surface area contributed by atoms with Crippen LogP contribution in [0.25, 0.3) is 10.9 Å². The van der Waals surface area contributed by atoms with Crippen molar-refractivity contribution in [1.82, 2.24) is 14.8 Å². The van der Waals surface area contributed by atoms with E-state index in [1.165, 1.54) is 12.8 Å². The van der Waals surface area contributed by atoms with Gasteiger partial charge in [0.25, 0.3) is 5.91 Å². The van der Waals surface area contributed by atoms with E-state index in [4.69, 9.17) is 9.84 Å². The van der Waals surface area contributed by atoms with Crippen molar-refractivity contribution < 1.29 is 14.6 Å². The molecule has 7 nitrogen and oxygen atoms in total. The Hall–Kier alpha value is -2.93. The number of benzene rings is 1. The summed E-state index contributed by atoms with van der Waals surface area (Å²) in [5.41, 5.74) is 2.67. The average molecular weight is 421 g/mol. The van der Waals surface area contributed by atoms with Gasteiger partial charge in [-0.2, -0.15) is 5.10 Å². The van der Waals surface area contributed by atoms with Gasteiger partial charge < -0.3 is 15.2 Å². The number of nitrogens with one attached hydrogen (secondary N) is 1. The summed E-state index contributed by atoms with van der Waals surface area (Å²) < 4.78 is 8.09. The van der Waals surface area contributed by atoms with Crippen molar-refractivity contribution in [2.45, 2.75) is 57.6 Å². The molecule has 31 heavy (non-hydrogen) atoms. The van der Waals surface area contributed by atoms with E-state index in [0.717, 1.165) is 42.3 Å². The number of hydrogen-bond donors (Lipinski definition) is 2. The van der Waals surface area contributed by atoms with E-state index in [1.54, 1.807) is 6.07 Å². The molecule has 7 heteroatoms. The fourth-order valence-corrected chi connectivity index (χ4v) is 4.15. The Morgan fingerprint density at radius 2 is 2.00 bits per heavy atom. The summed E-state index contributed by atoms with van der Waals surface area (Å²) >= 11 is 0. The molecule has 0 aliphatic heterocycles. The van der Waals surface area contributed by atoms with Gasteiger partial charge in [-0.15, -0.1) is 0 Å². The van der Waals surface area contributed by atoms with Crippen molar-refractivity contribution in [3.8, 4) is 5.75 Å². The highest BCUT2D eigenvalue weighted by molar-refractivity contribution is 6.05. The number of amides is 1. The molecule has 2 saturated carbocycles. The Labute approximate surface area is 181 Å². The number of aliphatic hydroxyl groups is 1. The number of aliphatic hydroxyl groups excluding tert-OH is 1. The summed E-state index contributed by atoms with van der Waals surface area (Å²) in [6.07, 6.45) is 7.68. The Morgan fingerprint density at radius 1 is 1.19 bits per heavy atom. The summed E-state index contributed by atoms with van der Waals surface area (Å²) in [6.45, 7) is 2.52. The zero-order valence-electron chi connectivity index (χ0n) is 17.8. The number of rotatable bonds is 6. The third-order valence-corrected chi connectivity index (χ3v) is 6.20. The van der Waals surface area contributed by atoms with Crippen LogP contribution >= 0.6 is 0 Å². The summed E-state index contributed by atoms with van der Waals surface area (Å²) in [4.78, 5) is 17.1. The molecule has 0 bridgehead atoms. The lowest BCUT2D eigenvalue weighted by molar-refractivity contribution is 0.102. The van der Waals surface area contributed by atoms with Crippen molar-refractivity contribution in [2.75, 3.05) is 11.9 Å². The maximum absolute atomic E-state index is 12.8. The number of pyridine rings is 1. The first kappa shape index (κ1) is 20.0. The van der Waals surface area contributed by atoms with Crippen LogP contribution in [0.3, 0.4) is 0 Å². The summed E-state index contributed by atoms with van der Waals surface area (Å²) in [5.74, 6) is 0.988. The molecule has 3 aromatic rings. The molecule has 2 aromatic heterocycles. The molecule has 5 rings (SSSR count). The molecule has 0 atom stereocenters. The minimum absolute atomic E-state index is 0.194. The number of carbonyl (C=O) groups excluding carboxylic acids is 1. The first-order valence-electron chi connectivity index (χ1n) is 11.1. The molecule has 2 aliphatic carbocycles. The third-order valence-electron chi connectivity index (χ3n) is 6.20. The van der Waals surface area contributed by atoms with Gasteiger partial charge in [0.2, 0.25) is 0 Å². The summed E-state index contributed by atoms with van der Waals surface area (Å²) in [5, 5.41) is 18.5. The first-order chi connectivity index (χ1) is 15.0. The lowest BCUT2D eigenvalue weighted by Gasteiger charge is -2.25. The van der Waals surface area contributed by atoms with Crippen molar-refractivity contribution in [3.05, 3.63) is 47.9 Å². The zero-order valence-corrected chi connectivity index (χ0v) is 17.8. The van der Waals surface area contributed by atoms with Crippen molar-refractivity contribution >= 4 is 22.5 Å². The number of nitrogens with zero attached hydrogens (tertiary/aromatic N) is 3. The van der Waals surface area contributed by atoms with Crippen LogP contribution in [0.5, 0.6) is 5.75 Å². The normalized spacial score (nSPS) is 21.2. The van der Waals surface area contributed by atoms with E-state index in [9.17, 15) is 9.90 Å². The topological polar surface area (TPSA) is 89.3 Å². The van der Waals surface area contributed by atoms with Crippen LogP contribution in [0.4, 0.5) is 5.69 Å². The Morgan fingerprint density at radius 3 is 2.74 bits per heavy atom. The molecule has 162 valence electrons. The second-order valence-electron chi connectivity index (χ2n) is 8.85. The van der Waals surface area contributed by atoms with Crippen LogP contribution in [0.2, 0.25) is 0 Å². The van der Waals surface area contributed by atoms with Gasteiger partial charge in [0.05, 0.1) is 30.0 Å². The van der Waals surface area contributed by atoms with Gasteiger partial charge in [0.1, 0.15) is 11.4 Å². The molecule has 2 fully saturated rings. The molecule has 0 saturated heterocycles. The third kappa shape index (κ3) is 4.56. The van der Waals surface area contributed by atoms with E-state index in [2.05, 4.69) is 10.3 Å².